The summed E-state index contributed by atoms with van der Waals surface area (Å²) in [4.78, 5) is 4.61. The van der Waals surface area contributed by atoms with Gasteiger partial charge in [0.25, 0.3) is 0 Å². The molecule has 3 nitrogen and oxygen atoms in total. The highest BCUT2D eigenvalue weighted by Crippen LogP contribution is 2.31. The first-order chi connectivity index (χ1) is 9.70. The lowest BCUT2D eigenvalue weighted by molar-refractivity contribution is 0.175. The minimum absolute atomic E-state index is 0.231. The van der Waals surface area contributed by atoms with Crippen molar-refractivity contribution in [3.05, 3.63) is 29.8 Å². The van der Waals surface area contributed by atoms with Gasteiger partial charge in [0.1, 0.15) is 11.6 Å². The predicted molar refractivity (Wildman–Crippen MR) is 77.8 cm³/mol. The van der Waals surface area contributed by atoms with Crippen molar-refractivity contribution >= 4 is 22.6 Å². The molecule has 2 unspecified atom stereocenters. The van der Waals surface area contributed by atoms with Crippen molar-refractivity contribution in [1.82, 2.24) is 9.55 Å². The van der Waals surface area contributed by atoms with E-state index < -0.39 is 0 Å². The van der Waals surface area contributed by atoms with Crippen LogP contribution in [0.15, 0.2) is 18.2 Å². The lowest BCUT2D eigenvalue weighted by atomic mass is 10.00. The number of ether oxygens (including phenoxy) is 1. The van der Waals surface area contributed by atoms with Gasteiger partial charge in [0.15, 0.2) is 0 Å². The maximum Gasteiger partial charge on any atom is 0.125 e. The molecule has 1 aromatic carbocycles. The molecule has 5 heteroatoms. The molecule has 0 spiro atoms. The Kier molecular flexibility index (Phi) is 3.94. The van der Waals surface area contributed by atoms with Crippen molar-refractivity contribution in [3.8, 4) is 0 Å². The van der Waals surface area contributed by atoms with Gasteiger partial charge in [-0.1, -0.05) is 0 Å². The van der Waals surface area contributed by atoms with Gasteiger partial charge in [-0.2, -0.15) is 0 Å². The van der Waals surface area contributed by atoms with E-state index in [-0.39, 0.29) is 11.9 Å². The number of aryl methyl sites for hydroxylation is 1. The first-order valence-corrected chi connectivity index (χ1v) is 7.54. The van der Waals surface area contributed by atoms with Crippen LogP contribution >= 0.6 is 11.6 Å². The van der Waals surface area contributed by atoms with Crippen molar-refractivity contribution in [2.75, 3.05) is 19.1 Å². The number of nitrogens with zero attached hydrogens (tertiary/aromatic N) is 2. The Bertz CT molecular complexity index is 607. The van der Waals surface area contributed by atoms with Gasteiger partial charge >= 0.3 is 0 Å². The molecule has 0 N–H and O–H groups in total. The molecule has 0 radical (unpaired) electrons. The van der Waals surface area contributed by atoms with E-state index in [0.717, 1.165) is 36.5 Å². The Labute approximate surface area is 122 Å². The third-order valence-corrected chi connectivity index (χ3v) is 4.29. The van der Waals surface area contributed by atoms with E-state index in [1.165, 1.54) is 6.07 Å². The zero-order chi connectivity index (χ0) is 14.1. The molecule has 0 amide bonds. The molecule has 2 atom stereocenters. The molecule has 3 rings (SSSR count). The summed E-state index contributed by atoms with van der Waals surface area (Å²) in [6.07, 6.45) is 1.73. The summed E-state index contributed by atoms with van der Waals surface area (Å²) in [5.41, 5.74) is 1.68. The molecule has 2 aromatic rings. The van der Waals surface area contributed by atoms with E-state index in [9.17, 15) is 4.39 Å². The van der Waals surface area contributed by atoms with Crippen LogP contribution in [0, 0.1) is 11.7 Å². The van der Waals surface area contributed by atoms with Crippen molar-refractivity contribution in [2.45, 2.75) is 25.8 Å². The van der Waals surface area contributed by atoms with E-state index in [0.29, 0.717) is 18.2 Å². The summed E-state index contributed by atoms with van der Waals surface area (Å²) in [5, 5.41) is 0. The van der Waals surface area contributed by atoms with Crippen LogP contribution in [-0.2, 0) is 11.2 Å². The summed E-state index contributed by atoms with van der Waals surface area (Å²) < 4.78 is 21.2. The minimum Gasteiger partial charge on any atom is -0.381 e. The van der Waals surface area contributed by atoms with Gasteiger partial charge in [0.2, 0.25) is 0 Å². The topological polar surface area (TPSA) is 27.1 Å². The largest absolute Gasteiger partial charge is 0.381 e. The predicted octanol–water partition coefficient (Wildman–Crippen LogP) is 3.55. The molecule has 1 fully saturated rings. The van der Waals surface area contributed by atoms with E-state index in [1.54, 1.807) is 12.1 Å². The Hall–Kier alpha value is -1.13. The zero-order valence-electron chi connectivity index (χ0n) is 11.5. The summed E-state index contributed by atoms with van der Waals surface area (Å²) in [6.45, 7) is 3.72. The molecule has 20 heavy (non-hydrogen) atoms. The molecule has 1 aliphatic heterocycles. The highest BCUT2D eigenvalue weighted by molar-refractivity contribution is 6.17. The molecule has 0 saturated carbocycles. The average Bonchev–Trinajstić information content (AvgIpc) is 3.05. The van der Waals surface area contributed by atoms with Crippen LogP contribution in [-0.4, -0.2) is 28.6 Å². The van der Waals surface area contributed by atoms with Gasteiger partial charge < -0.3 is 9.30 Å². The van der Waals surface area contributed by atoms with Gasteiger partial charge in [-0.15, -0.1) is 11.6 Å². The number of imidazole rings is 1. The Morgan fingerprint density at radius 3 is 3.10 bits per heavy atom. The molecule has 0 bridgehead atoms. The highest BCUT2D eigenvalue weighted by atomic mass is 35.5. The lowest BCUT2D eigenvalue weighted by Gasteiger charge is -2.22. The van der Waals surface area contributed by atoms with Crippen LogP contribution in [0.4, 0.5) is 4.39 Å². The van der Waals surface area contributed by atoms with Crippen LogP contribution in [0.2, 0.25) is 0 Å². The van der Waals surface area contributed by atoms with Crippen LogP contribution < -0.4 is 0 Å². The SMILES string of the molecule is CC(C1CCOC1)n1c(CCCl)nc2ccc(F)cc21. The fourth-order valence-electron chi connectivity index (χ4n) is 2.98. The number of alkyl halides is 1. The van der Waals surface area contributed by atoms with E-state index in [4.69, 9.17) is 16.3 Å². The van der Waals surface area contributed by atoms with E-state index >= 15 is 0 Å². The number of rotatable bonds is 4. The van der Waals surface area contributed by atoms with E-state index in [1.807, 2.05) is 0 Å². The standard InChI is InChI=1S/C15H18ClFN2O/c1-10(11-5-7-20-9-11)19-14-8-12(17)2-3-13(14)18-15(19)4-6-16/h2-3,8,10-11H,4-7,9H2,1H3. The number of benzene rings is 1. The zero-order valence-corrected chi connectivity index (χ0v) is 12.2. The van der Waals surface area contributed by atoms with Crippen LogP contribution in [0.1, 0.15) is 25.2 Å². The number of fused-ring (bicyclic) bond motifs is 1. The number of hydrogen-bond donors (Lipinski definition) is 0. The van der Waals surface area contributed by atoms with Gasteiger partial charge in [-0.05, 0) is 31.5 Å². The van der Waals surface area contributed by atoms with Crippen molar-refractivity contribution in [2.24, 2.45) is 5.92 Å². The Morgan fingerprint density at radius 1 is 1.55 bits per heavy atom. The quantitative estimate of drug-likeness (QED) is 0.807. The summed E-state index contributed by atoms with van der Waals surface area (Å²) in [6, 6.07) is 4.99. The van der Waals surface area contributed by atoms with E-state index in [2.05, 4.69) is 16.5 Å². The maximum atomic E-state index is 13.6. The summed E-state index contributed by atoms with van der Waals surface area (Å²) >= 11 is 5.88. The van der Waals surface area contributed by atoms with Crippen LogP contribution in [0.25, 0.3) is 11.0 Å². The Morgan fingerprint density at radius 2 is 2.40 bits per heavy atom. The van der Waals surface area contributed by atoms with Gasteiger partial charge in [-0.3, -0.25) is 0 Å². The highest BCUT2D eigenvalue weighted by Gasteiger charge is 2.26. The number of halogens is 2. The molecule has 1 aliphatic rings. The Balaban J connectivity index is 2.09. The maximum absolute atomic E-state index is 13.6. The molecule has 1 aromatic heterocycles. The smallest absolute Gasteiger partial charge is 0.125 e. The summed E-state index contributed by atoms with van der Waals surface area (Å²) in [5.74, 6) is 1.66. The minimum atomic E-state index is -0.231. The van der Waals surface area contributed by atoms with Crippen molar-refractivity contribution < 1.29 is 9.13 Å². The van der Waals surface area contributed by atoms with Crippen LogP contribution in [0.5, 0.6) is 0 Å². The van der Waals surface area contributed by atoms with Crippen molar-refractivity contribution in [3.63, 3.8) is 0 Å². The first kappa shape index (κ1) is 13.8. The first-order valence-electron chi connectivity index (χ1n) is 7.00. The molecule has 108 valence electrons. The number of aromatic nitrogens is 2. The second-order valence-electron chi connectivity index (χ2n) is 5.33. The third kappa shape index (κ3) is 2.42. The molecule has 0 aliphatic carbocycles. The fraction of sp³-hybridized carbons (Fsp3) is 0.533. The van der Waals surface area contributed by atoms with Gasteiger partial charge in [-0.25, -0.2) is 9.37 Å². The second kappa shape index (κ2) is 5.70. The summed E-state index contributed by atoms with van der Waals surface area (Å²) in [7, 11) is 0. The van der Waals surface area contributed by atoms with Gasteiger partial charge in [0.05, 0.1) is 17.6 Å². The van der Waals surface area contributed by atoms with Crippen LogP contribution in [0.3, 0.4) is 0 Å². The second-order valence-corrected chi connectivity index (χ2v) is 5.71. The monoisotopic (exact) mass is 296 g/mol. The third-order valence-electron chi connectivity index (χ3n) is 4.10. The fourth-order valence-corrected chi connectivity index (χ4v) is 3.14. The molecule has 2 heterocycles. The average molecular weight is 297 g/mol. The lowest BCUT2D eigenvalue weighted by Crippen LogP contribution is -2.19. The molecular formula is C15H18ClFN2O. The normalized spacial score (nSPS) is 20.6. The molecule has 1 saturated heterocycles. The number of hydrogen-bond acceptors (Lipinski definition) is 2. The van der Waals surface area contributed by atoms with Gasteiger partial charge in [0, 0.05) is 30.9 Å². The molecular weight excluding hydrogens is 279 g/mol. The van der Waals surface area contributed by atoms with Crippen molar-refractivity contribution in [1.29, 1.82) is 0 Å².